The first-order valence-corrected chi connectivity index (χ1v) is 9.94. The molecule has 0 saturated carbocycles. The predicted molar refractivity (Wildman–Crippen MR) is 109 cm³/mol. The van der Waals surface area contributed by atoms with Crippen molar-refractivity contribution < 1.29 is 23.7 Å². The van der Waals surface area contributed by atoms with Crippen molar-refractivity contribution in [1.29, 1.82) is 0 Å². The molecule has 154 valence electrons. The number of rotatable bonds is 5. The first-order chi connectivity index (χ1) is 14.7. The third-order valence-electron chi connectivity index (χ3n) is 4.72. The highest BCUT2D eigenvalue weighted by Crippen LogP contribution is 2.42. The lowest BCUT2D eigenvalue weighted by molar-refractivity contribution is 0.0836. The lowest BCUT2D eigenvalue weighted by atomic mass is 10.2. The summed E-state index contributed by atoms with van der Waals surface area (Å²) in [5.74, 6) is 3.60. The molecule has 0 N–H and O–H groups in total. The van der Waals surface area contributed by atoms with Gasteiger partial charge in [0.2, 0.25) is 10.7 Å². The van der Waals surface area contributed by atoms with E-state index in [0.29, 0.717) is 46.1 Å². The Kier molecular flexibility index (Phi) is 4.55. The SMILES string of the molecule is COc1cc(-c2nn3c([C@@H]4COc5ccccc5O4)nnc3s2)cc(OC)c1OC. The maximum atomic E-state index is 6.06. The van der Waals surface area contributed by atoms with Crippen molar-refractivity contribution in [3.05, 3.63) is 42.2 Å². The van der Waals surface area contributed by atoms with Gasteiger partial charge in [0.25, 0.3) is 0 Å². The van der Waals surface area contributed by atoms with Gasteiger partial charge in [0.1, 0.15) is 11.6 Å². The summed E-state index contributed by atoms with van der Waals surface area (Å²) in [6, 6.07) is 11.2. The maximum Gasteiger partial charge on any atom is 0.235 e. The van der Waals surface area contributed by atoms with Crippen LogP contribution in [0.5, 0.6) is 28.7 Å². The van der Waals surface area contributed by atoms with Gasteiger partial charge in [-0.05, 0) is 24.3 Å². The average Bonchev–Trinajstić information content (AvgIpc) is 3.38. The fraction of sp³-hybridized carbons (Fsp3) is 0.250. The molecule has 2 aromatic heterocycles. The lowest BCUT2D eigenvalue weighted by Crippen LogP contribution is -2.23. The van der Waals surface area contributed by atoms with Crippen LogP contribution in [0.4, 0.5) is 0 Å². The van der Waals surface area contributed by atoms with Crippen LogP contribution in [0.1, 0.15) is 11.9 Å². The van der Waals surface area contributed by atoms with Crippen LogP contribution in [0.3, 0.4) is 0 Å². The number of aromatic nitrogens is 4. The third kappa shape index (κ3) is 2.96. The zero-order valence-electron chi connectivity index (χ0n) is 16.5. The van der Waals surface area contributed by atoms with Gasteiger partial charge < -0.3 is 23.7 Å². The van der Waals surface area contributed by atoms with Crippen LogP contribution in [-0.2, 0) is 0 Å². The van der Waals surface area contributed by atoms with E-state index >= 15 is 0 Å². The number of ether oxygens (including phenoxy) is 5. The van der Waals surface area contributed by atoms with Crippen molar-refractivity contribution in [2.45, 2.75) is 6.10 Å². The molecule has 9 nitrogen and oxygen atoms in total. The van der Waals surface area contributed by atoms with E-state index in [1.807, 2.05) is 36.4 Å². The predicted octanol–water partition coefficient (Wildman–Crippen LogP) is 3.39. The Hall–Kier alpha value is -3.53. The van der Waals surface area contributed by atoms with Gasteiger partial charge in [-0.2, -0.15) is 9.61 Å². The quantitative estimate of drug-likeness (QED) is 0.480. The number of para-hydroxylation sites is 2. The summed E-state index contributed by atoms with van der Waals surface area (Å²) in [5, 5.41) is 14.0. The Morgan fingerprint density at radius 1 is 1.00 bits per heavy atom. The zero-order chi connectivity index (χ0) is 20.7. The van der Waals surface area contributed by atoms with Crippen molar-refractivity contribution in [2.24, 2.45) is 0 Å². The summed E-state index contributed by atoms with van der Waals surface area (Å²) in [4.78, 5) is 0.649. The second-order valence-corrected chi connectivity index (χ2v) is 7.39. The standard InChI is InChI=1S/C20H18N4O5S/c1-25-14-8-11(9-15(26-2)17(14)27-3)19-23-24-18(21-22-20(24)30-19)16-10-28-12-6-4-5-7-13(12)29-16/h4-9,16H,10H2,1-3H3/t16-/m0/s1. The number of hydrogen-bond acceptors (Lipinski definition) is 9. The molecule has 0 fully saturated rings. The van der Waals surface area contributed by atoms with Crippen molar-refractivity contribution in [3.63, 3.8) is 0 Å². The second-order valence-electron chi connectivity index (χ2n) is 6.44. The minimum absolute atomic E-state index is 0.328. The highest BCUT2D eigenvalue weighted by Gasteiger charge is 2.28. The molecule has 3 heterocycles. The van der Waals surface area contributed by atoms with Crippen molar-refractivity contribution in [1.82, 2.24) is 19.8 Å². The van der Waals surface area contributed by atoms with Crippen LogP contribution in [0, 0.1) is 0 Å². The Morgan fingerprint density at radius 3 is 2.43 bits per heavy atom. The first-order valence-electron chi connectivity index (χ1n) is 9.12. The minimum Gasteiger partial charge on any atom is -0.493 e. The molecule has 5 rings (SSSR count). The monoisotopic (exact) mass is 426 g/mol. The van der Waals surface area contributed by atoms with Gasteiger partial charge in [-0.3, -0.25) is 0 Å². The van der Waals surface area contributed by atoms with Crippen LogP contribution in [0.15, 0.2) is 36.4 Å². The lowest BCUT2D eigenvalue weighted by Gasteiger charge is -2.24. The Labute approximate surface area is 175 Å². The van der Waals surface area contributed by atoms with Crippen LogP contribution < -0.4 is 23.7 Å². The van der Waals surface area contributed by atoms with Crippen molar-refractivity contribution in [3.8, 4) is 39.3 Å². The van der Waals surface area contributed by atoms with E-state index in [-0.39, 0.29) is 0 Å². The van der Waals surface area contributed by atoms with E-state index in [4.69, 9.17) is 28.8 Å². The smallest absolute Gasteiger partial charge is 0.235 e. The number of benzene rings is 2. The number of methoxy groups -OCH3 is 3. The van der Waals surface area contributed by atoms with Gasteiger partial charge >= 0.3 is 0 Å². The second kappa shape index (κ2) is 7.38. The number of nitrogens with zero attached hydrogens (tertiary/aromatic N) is 4. The number of hydrogen-bond donors (Lipinski definition) is 0. The molecule has 0 radical (unpaired) electrons. The molecular weight excluding hydrogens is 408 g/mol. The topological polar surface area (TPSA) is 89.2 Å². The van der Waals surface area contributed by atoms with E-state index in [2.05, 4.69) is 10.2 Å². The highest BCUT2D eigenvalue weighted by molar-refractivity contribution is 7.19. The summed E-state index contributed by atoms with van der Waals surface area (Å²) < 4.78 is 29.9. The van der Waals surface area contributed by atoms with Gasteiger partial charge in [0, 0.05) is 5.56 Å². The van der Waals surface area contributed by atoms with Crippen LogP contribution in [-0.4, -0.2) is 47.7 Å². The highest BCUT2D eigenvalue weighted by atomic mass is 32.1. The van der Waals surface area contributed by atoms with Crippen molar-refractivity contribution >= 4 is 16.3 Å². The molecule has 1 aliphatic rings. The molecule has 0 spiro atoms. The van der Waals surface area contributed by atoms with Gasteiger partial charge in [-0.25, -0.2) is 0 Å². The molecule has 0 bridgehead atoms. The Balaban J connectivity index is 1.53. The first kappa shape index (κ1) is 18.5. The molecule has 0 aliphatic carbocycles. The molecule has 0 saturated heterocycles. The van der Waals surface area contributed by atoms with E-state index in [1.165, 1.54) is 11.3 Å². The summed E-state index contributed by atoms with van der Waals surface area (Å²) >= 11 is 1.40. The largest absolute Gasteiger partial charge is 0.493 e. The molecule has 1 atom stereocenters. The molecule has 4 aromatic rings. The summed E-state index contributed by atoms with van der Waals surface area (Å²) in [7, 11) is 4.73. The molecule has 10 heteroatoms. The fourth-order valence-electron chi connectivity index (χ4n) is 3.30. The molecule has 0 unspecified atom stereocenters. The maximum absolute atomic E-state index is 6.06. The van der Waals surface area contributed by atoms with E-state index in [0.717, 1.165) is 10.6 Å². The summed E-state index contributed by atoms with van der Waals surface area (Å²) in [5.41, 5.74) is 0.817. The van der Waals surface area contributed by atoms with Crippen LogP contribution >= 0.6 is 11.3 Å². The summed E-state index contributed by atoms with van der Waals surface area (Å²) in [6.45, 7) is 0.328. The normalized spacial score (nSPS) is 15.2. The minimum atomic E-state index is -0.412. The van der Waals surface area contributed by atoms with Gasteiger partial charge in [0.05, 0.1) is 21.3 Å². The molecule has 2 aromatic carbocycles. The fourth-order valence-corrected chi connectivity index (χ4v) is 4.13. The Morgan fingerprint density at radius 2 is 1.73 bits per heavy atom. The zero-order valence-corrected chi connectivity index (χ0v) is 17.3. The van der Waals surface area contributed by atoms with Gasteiger partial charge in [0.15, 0.2) is 34.9 Å². The number of fused-ring (bicyclic) bond motifs is 2. The van der Waals surface area contributed by atoms with E-state index in [9.17, 15) is 0 Å². The van der Waals surface area contributed by atoms with Crippen LogP contribution in [0.2, 0.25) is 0 Å². The molecule has 0 amide bonds. The van der Waals surface area contributed by atoms with Gasteiger partial charge in [-0.1, -0.05) is 23.5 Å². The Bertz CT molecular complexity index is 1200. The van der Waals surface area contributed by atoms with Gasteiger partial charge in [-0.15, -0.1) is 10.2 Å². The third-order valence-corrected chi connectivity index (χ3v) is 5.67. The van der Waals surface area contributed by atoms with E-state index in [1.54, 1.807) is 25.8 Å². The molecule has 30 heavy (non-hydrogen) atoms. The van der Waals surface area contributed by atoms with Crippen LogP contribution in [0.25, 0.3) is 15.5 Å². The summed E-state index contributed by atoms with van der Waals surface area (Å²) in [6.07, 6.45) is -0.412. The van der Waals surface area contributed by atoms with E-state index < -0.39 is 6.10 Å². The molecule has 1 aliphatic heterocycles. The molecular formula is C20H18N4O5S. The average molecular weight is 426 g/mol. The van der Waals surface area contributed by atoms with Crippen molar-refractivity contribution in [2.75, 3.05) is 27.9 Å².